The van der Waals surface area contributed by atoms with Crippen molar-refractivity contribution < 1.29 is 4.79 Å². The van der Waals surface area contributed by atoms with Crippen LogP contribution >= 0.6 is 23.2 Å². The van der Waals surface area contributed by atoms with Gasteiger partial charge >= 0.3 is 0 Å². The first kappa shape index (κ1) is 14.5. The molecule has 0 N–H and O–H groups in total. The zero-order valence-electron chi connectivity index (χ0n) is 11.7. The van der Waals surface area contributed by atoms with Crippen LogP contribution in [0, 0.1) is 0 Å². The van der Waals surface area contributed by atoms with E-state index in [1.807, 2.05) is 11.0 Å². The molecule has 0 saturated heterocycles. The summed E-state index contributed by atoms with van der Waals surface area (Å²) in [5, 5.41) is 1.09. The number of benzene rings is 1. The first-order chi connectivity index (χ1) is 10.1. The average molecular weight is 323 g/mol. The first-order valence-corrected chi connectivity index (χ1v) is 7.71. The quantitative estimate of drug-likeness (QED) is 0.822. The fraction of sp³-hybridized carbons (Fsp3) is 0.312. The largest absolute Gasteiger partial charge is 0.348 e. The van der Waals surface area contributed by atoms with Crippen LogP contribution in [0.5, 0.6) is 0 Å². The van der Waals surface area contributed by atoms with Crippen molar-refractivity contribution in [1.82, 2.24) is 9.47 Å². The molecular formula is C16H16Cl2N2O. The van der Waals surface area contributed by atoms with E-state index >= 15 is 0 Å². The van der Waals surface area contributed by atoms with Crippen molar-refractivity contribution in [2.75, 3.05) is 6.54 Å². The lowest BCUT2D eigenvalue weighted by Gasteiger charge is -2.35. The number of carbonyl (C=O) groups excluding carboxylic acids is 1. The standard InChI is InChI=1S/C16H16Cl2N2O/c1-11-15-6-3-7-19(15)8-9-20(11)16(21)10-12-13(17)4-2-5-14(12)18/h2-7,11H,8-10H2,1H3. The third-order valence-corrected chi connectivity index (χ3v) is 4.76. The normalized spacial score (nSPS) is 17.7. The summed E-state index contributed by atoms with van der Waals surface area (Å²) in [6.07, 6.45) is 2.29. The molecule has 1 aliphatic heterocycles. The lowest BCUT2D eigenvalue weighted by molar-refractivity contribution is -0.133. The molecule has 1 aliphatic rings. The summed E-state index contributed by atoms with van der Waals surface area (Å²) >= 11 is 12.3. The maximum Gasteiger partial charge on any atom is 0.227 e. The minimum absolute atomic E-state index is 0.0601. The van der Waals surface area contributed by atoms with Crippen molar-refractivity contribution >= 4 is 29.1 Å². The molecule has 5 heteroatoms. The van der Waals surface area contributed by atoms with Crippen LogP contribution in [0.3, 0.4) is 0 Å². The molecular weight excluding hydrogens is 307 g/mol. The molecule has 0 spiro atoms. The van der Waals surface area contributed by atoms with Crippen LogP contribution in [-0.2, 0) is 17.8 Å². The summed E-state index contributed by atoms with van der Waals surface area (Å²) in [6, 6.07) is 9.47. The van der Waals surface area contributed by atoms with Crippen molar-refractivity contribution in [3.8, 4) is 0 Å². The van der Waals surface area contributed by atoms with Crippen LogP contribution in [0.4, 0.5) is 0 Å². The van der Waals surface area contributed by atoms with Crippen molar-refractivity contribution in [2.24, 2.45) is 0 Å². The van der Waals surface area contributed by atoms with Crippen molar-refractivity contribution in [2.45, 2.75) is 25.9 Å². The molecule has 0 radical (unpaired) electrons. The molecule has 2 heterocycles. The number of carbonyl (C=O) groups is 1. The molecule has 1 aromatic heterocycles. The number of amides is 1. The molecule has 1 unspecified atom stereocenters. The number of aromatic nitrogens is 1. The van der Waals surface area contributed by atoms with Gasteiger partial charge in [-0.25, -0.2) is 0 Å². The van der Waals surface area contributed by atoms with Gasteiger partial charge in [0.2, 0.25) is 5.91 Å². The van der Waals surface area contributed by atoms with Crippen LogP contribution in [0.1, 0.15) is 24.2 Å². The fourth-order valence-corrected chi connectivity index (χ4v) is 3.40. The molecule has 1 aromatic carbocycles. The van der Waals surface area contributed by atoms with Gasteiger partial charge in [-0.05, 0) is 36.8 Å². The van der Waals surface area contributed by atoms with Gasteiger partial charge in [-0.1, -0.05) is 29.3 Å². The topological polar surface area (TPSA) is 25.2 Å². The summed E-state index contributed by atoms with van der Waals surface area (Å²) in [4.78, 5) is 14.5. The average Bonchev–Trinajstić information content (AvgIpc) is 2.92. The molecule has 0 saturated carbocycles. The summed E-state index contributed by atoms with van der Waals surface area (Å²) in [7, 11) is 0. The van der Waals surface area contributed by atoms with Gasteiger partial charge in [0.15, 0.2) is 0 Å². The monoisotopic (exact) mass is 322 g/mol. The van der Waals surface area contributed by atoms with Crippen molar-refractivity contribution in [3.63, 3.8) is 0 Å². The number of hydrogen-bond donors (Lipinski definition) is 0. The van der Waals surface area contributed by atoms with Gasteiger partial charge in [0, 0.05) is 35.0 Å². The van der Waals surface area contributed by atoms with E-state index in [0.717, 1.165) is 6.54 Å². The van der Waals surface area contributed by atoms with E-state index in [0.29, 0.717) is 22.2 Å². The highest BCUT2D eigenvalue weighted by Crippen LogP contribution is 2.29. The van der Waals surface area contributed by atoms with E-state index in [2.05, 4.69) is 23.8 Å². The maximum absolute atomic E-state index is 12.6. The summed E-state index contributed by atoms with van der Waals surface area (Å²) in [5.74, 6) is 0.0601. The molecule has 0 fully saturated rings. The van der Waals surface area contributed by atoms with E-state index in [1.165, 1.54) is 5.69 Å². The van der Waals surface area contributed by atoms with Gasteiger partial charge in [0.1, 0.15) is 0 Å². The Bertz CT molecular complexity index is 660. The number of rotatable bonds is 2. The van der Waals surface area contributed by atoms with E-state index in [-0.39, 0.29) is 18.4 Å². The minimum Gasteiger partial charge on any atom is -0.348 e. The highest BCUT2D eigenvalue weighted by Gasteiger charge is 2.27. The smallest absolute Gasteiger partial charge is 0.227 e. The van der Waals surface area contributed by atoms with Crippen LogP contribution < -0.4 is 0 Å². The summed E-state index contributed by atoms with van der Waals surface area (Å²) < 4.78 is 2.19. The SMILES string of the molecule is CC1c2cccn2CCN1C(=O)Cc1c(Cl)cccc1Cl. The zero-order chi connectivity index (χ0) is 15.0. The van der Waals surface area contributed by atoms with Crippen LogP contribution in [0.25, 0.3) is 0 Å². The molecule has 21 heavy (non-hydrogen) atoms. The highest BCUT2D eigenvalue weighted by atomic mass is 35.5. The Morgan fingerprint density at radius 2 is 1.90 bits per heavy atom. The Kier molecular flexibility index (Phi) is 3.96. The highest BCUT2D eigenvalue weighted by molar-refractivity contribution is 6.36. The van der Waals surface area contributed by atoms with Gasteiger partial charge in [0.05, 0.1) is 12.5 Å². The molecule has 2 aromatic rings. The summed E-state index contributed by atoms with van der Waals surface area (Å²) in [5.41, 5.74) is 1.87. The predicted molar refractivity (Wildman–Crippen MR) is 84.7 cm³/mol. The third kappa shape index (κ3) is 2.68. The number of hydrogen-bond acceptors (Lipinski definition) is 1. The third-order valence-electron chi connectivity index (χ3n) is 4.05. The van der Waals surface area contributed by atoms with Crippen LogP contribution in [0.15, 0.2) is 36.5 Å². The maximum atomic E-state index is 12.6. The first-order valence-electron chi connectivity index (χ1n) is 6.95. The molecule has 3 nitrogen and oxygen atoms in total. The molecule has 1 amide bonds. The zero-order valence-corrected chi connectivity index (χ0v) is 13.2. The molecule has 0 aliphatic carbocycles. The Morgan fingerprint density at radius 1 is 1.19 bits per heavy atom. The van der Waals surface area contributed by atoms with Gasteiger partial charge in [0.25, 0.3) is 0 Å². The molecule has 1 atom stereocenters. The fourth-order valence-electron chi connectivity index (χ4n) is 2.87. The van der Waals surface area contributed by atoms with Gasteiger partial charge in [-0.15, -0.1) is 0 Å². The lowest BCUT2D eigenvalue weighted by atomic mass is 10.1. The summed E-state index contributed by atoms with van der Waals surface area (Å²) in [6.45, 7) is 3.59. The number of halogens is 2. The number of nitrogens with zero attached hydrogens (tertiary/aromatic N) is 2. The Hall–Kier alpha value is -1.45. The molecule has 110 valence electrons. The van der Waals surface area contributed by atoms with Crippen molar-refractivity contribution in [3.05, 3.63) is 57.8 Å². The van der Waals surface area contributed by atoms with E-state index < -0.39 is 0 Å². The predicted octanol–water partition coefficient (Wildman–Crippen LogP) is 3.94. The second kappa shape index (κ2) is 5.74. The van der Waals surface area contributed by atoms with E-state index in [1.54, 1.807) is 18.2 Å². The van der Waals surface area contributed by atoms with Gasteiger partial charge < -0.3 is 9.47 Å². The van der Waals surface area contributed by atoms with Crippen LogP contribution in [0.2, 0.25) is 10.0 Å². The Labute approximate surface area is 134 Å². The van der Waals surface area contributed by atoms with Gasteiger partial charge in [-0.2, -0.15) is 0 Å². The Balaban J connectivity index is 1.81. The van der Waals surface area contributed by atoms with E-state index in [4.69, 9.17) is 23.2 Å². The minimum atomic E-state index is 0.0601. The molecule has 0 bridgehead atoms. The second-order valence-electron chi connectivity index (χ2n) is 5.27. The lowest BCUT2D eigenvalue weighted by Crippen LogP contribution is -2.41. The molecule has 3 rings (SSSR count). The Morgan fingerprint density at radius 3 is 2.62 bits per heavy atom. The second-order valence-corrected chi connectivity index (χ2v) is 6.08. The van der Waals surface area contributed by atoms with E-state index in [9.17, 15) is 4.79 Å². The van der Waals surface area contributed by atoms with Gasteiger partial charge in [-0.3, -0.25) is 4.79 Å². The van der Waals surface area contributed by atoms with Crippen LogP contribution in [-0.4, -0.2) is 21.9 Å². The number of fused-ring (bicyclic) bond motifs is 1. The van der Waals surface area contributed by atoms with Crippen molar-refractivity contribution in [1.29, 1.82) is 0 Å².